The van der Waals surface area contributed by atoms with Crippen LogP contribution in [-0.2, 0) is 12.6 Å². The molecule has 0 atom stereocenters. The molecular formula is C8H8NS+. The third kappa shape index (κ3) is 1.71. The molecule has 0 amide bonds. The minimum Gasteiger partial charge on any atom is -0.359 e. The molecule has 0 aromatic heterocycles. The van der Waals surface area contributed by atoms with Crippen molar-refractivity contribution in [3.8, 4) is 12.0 Å². The summed E-state index contributed by atoms with van der Waals surface area (Å²) < 4.78 is 0. The number of nitrogens with two attached hydrogens (primary N) is 1. The van der Waals surface area contributed by atoms with Gasteiger partial charge in [0.1, 0.15) is 0 Å². The lowest BCUT2D eigenvalue weighted by molar-refractivity contribution is 1.45. The van der Waals surface area contributed by atoms with E-state index in [0.29, 0.717) is 0 Å². The third-order valence-electron chi connectivity index (χ3n) is 1.08. The topological polar surface area (TPSA) is 26.0 Å². The van der Waals surface area contributed by atoms with Gasteiger partial charge in [-0.15, -0.1) is 0 Å². The molecular weight excluding hydrogens is 142 g/mol. The molecule has 0 aliphatic carbocycles. The molecule has 1 aromatic rings. The summed E-state index contributed by atoms with van der Waals surface area (Å²) in [5, 5.41) is 0. The zero-order valence-corrected chi connectivity index (χ0v) is 6.39. The molecule has 0 spiro atoms. The number of hydrogen-bond donors (Lipinski definition) is 1. The standard InChI is InChI=1S/C8H7NS/c9-5-4-7-2-1-3-8(10)6-7/h1-3,6,10H,9H2/p+1. The van der Waals surface area contributed by atoms with Gasteiger partial charge in [-0.2, -0.15) is 0 Å². The third-order valence-corrected chi connectivity index (χ3v) is 1.39. The van der Waals surface area contributed by atoms with Crippen LogP contribution in [0.3, 0.4) is 0 Å². The van der Waals surface area contributed by atoms with Gasteiger partial charge in [0, 0.05) is 17.7 Å². The summed E-state index contributed by atoms with van der Waals surface area (Å²) in [6.45, 7) is 0. The molecule has 0 unspecified atom stereocenters. The van der Waals surface area contributed by atoms with E-state index in [9.17, 15) is 0 Å². The predicted molar refractivity (Wildman–Crippen MR) is 45.9 cm³/mol. The Morgan fingerprint density at radius 3 is 2.80 bits per heavy atom. The summed E-state index contributed by atoms with van der Waals surface area (Å²) in [6.07, 6.45) is 0. The van der Waals surface area contributed by atoms with Gasteiger partial charge in [-0.05, 0) is 30.7 Å². The second-order valence-electron chi connectivity index (χ2n) is 1.85. The minimum atomic E-state index is 0.926. The molecule has 0 radical (unpaired) electrons. The Hall–Kier alpha value is -1.07. The van der Waals surface area contributed by atoms with E-state index in [2.05, 4.69) is 24.6 Å². The van der Waals surface area contributed by atoms with Crippen molar-refractivity contribution in [3.05, 3.63) is 29.8 Å². The van der Waals surface area contributed by atoms with Crippen LogP contribution in [0, 0.1) is 12.0 Å². The maximum absolute atomic E-state index is 5.03. The minimum absolute atomic E-state index is 0.926. The van der Waals surface area contributed by atoms with Crippen molar-refractivity contribution in [2.75, 3.05) is 0 Å². The van der Waals surface area contributed by atoms with Crippen LogP contribution in [0.5, 0.6) is 0 Å². The van der Waals surface area contributed by atoms with E-state index >= 15 is 0 Å². The van der Waals surface area contributed by atoms with Crippen molar-refractivity contribution in [1.29, 1.82) is 0 Å². The molecule has 0 saturated carbocycles. The molecule has 50 valence electrons. The highest BCUT2D eigenvalue weighted by atomic mass is 32.1. The fraction of sp³-hybridized carbons (Fsp3) is 0. The van der Waals surface area contributed by atoms with Gasteiger partial charge in [0.15, 0.2) is 4.90 Å². The number of benzene rings is 1. The zero-order chi connectivity index (χ0) is 7.40. The normalized spacial score (nSPS) is 8.10. The molecule has 1 aromatic carbocycles. The van der Waals surface area contributed by atoms with Gasteiger partial charge in [-0.3, -0.25) is 0 Å². The van der Waals surface area contributed by atoms with Crippen LogP contribution >= 0.6 is 0 Å². The predicted octanol–water partition coefficient (Wildman–Crippen LogP) is 0.325. The van der Waals surface area contributed by atoms with E-state index in [-0.39, 0.29) is 0 Å². The number of hydrogen-bond acceptors (Lipinski definition) is 1. The fourth-order valence-electron chi connectivity index (χ4n) is 0.680. The first-order chi connectivity index (χ1) is 4.83. The van der Waals surface area contributed by atoms with Crippen molar-refractivity contribution in [2.45, 2.75) is 4.90 Å². The van der Waals surface area contributed by atoms with E-state index < -0.39 is 0 Å². The SMILES string of the molecule is NC#Cc1cccc([SH2+])c1. The van der Waals surface area contributed by atoms with Crippen molar-refractivity contribution in [2.24, 2.45) is 5.73 Å². The van der Waals surface area contributed by atoms with Crippen LogP contribution in [-0.4, -0.2) is 0 Å². The molecule has 0 fully saturated rings. The summed E-state index contributed by atoms with van der Waals surface area (Å²) in [6, 6.07) is 10.0. The summed E-state index contributed by atoms with van der Waals surface area (Å²) in [7, 11) is 0. The van der Waals surface area contributed by atoms with E-state index in [1.807, 2.05) is 24.3 Å². The number of rotatable bonds is 0. The average molecular weight is 150 g/mol. The van der Waals surface area contributed by atoms with E-state index in [4.69, 9.17) is 5.73 Å². The first kappa shape index (κ1) is 7.04. The molecule has 0 heterocycles. The van der Waals surface area contributed by atoms with Crippen LogP contribution in [0.25, 0.3) is 0 Å². The Labute approximate surface area is 65.7 Å². The molecule has 10 heavy (non-hydrogen) atoms. The van der Waals surface area contributed by atoms with Gasteiger partial charge in [0.05, 0.1) is 0 Å². The molecule has 1 nitrogen and oxygen atoms in total. The molecule has 0 saturated heterocycles. The lowest BCUT2D eigenvalue weighted by Gasteiger charge is -1.85. The maximum Gasteiger partial charge on any atom is 0.151 e. The second kappa shape index (κ2) is 3.19. The Morgan fingerprint density at radius 2 is 2.20 bits per heavy atom. The van der Waals surface area contributed by atoms with Crippen LogP contribution < -0.4 is 5.73 Å². The van der Waals surface area contributed by atoms with Crippen molar-refractivity contribution in [1.82, 2.24) is 0 Å². The van der Waals surface area contributed by atoms with Gasteiger partial charge in [-0.25, -0.2) is 0 Å². The summed E-state index contributed by atoms with van der Waals surface area (Å²) in [4.78, 5) is 1.01. The summed E-state index contributed by atoms with van der Waals surface area (Å²) >= 11 is 3.37. The molecule has 0 aliphatic rings. The van der Waals surface area contributed by atoms with Crippen molar-refractivity contribution >= 4 is 12.6 Å². The largest absolute Gasteiger partial charge is 0.359 e. The average Bonchev–Trinajstić information content (AvgIpc) is 1.88. The Kier molecular flexibility index (Phi) is 2.24. The van der Waals surface area contributed by atoms with Gasteiger partial charge in [-0.1, -0.05) is 6.07 Å². The van der Waals surface area contributed by atoms with E-state index in [0.717, 1.165) is 10.5 Å². The molecule has 0 aliphatic heterocycles. The maximum atomic E-state index is 5.03. The highest BCUT2D eigenvalue weighted by molar-refractivity contribution is 7.58. The van der Waals surface area contributed by atoms with Crippen LogP contribution in [0.1, 0.15) is 5.56 Å². The van der Waals surface area contributed by atoms with Crippen molar-refractivity contribution in [3.63, 3.8) is 0 Å². The Morgan fingerprint density at radius 1 is 1.40 bits per heavy atom. The van der Waals surface area contributed by atoms with Gasteiger partial charge in [0.25, 0.3) is 0 Å². The summed E-state index contributed by atoms with van der Waals surface area (Å²) in [5.74, 6) is 2.74. The van der Waals surface area contributed by atoms with Gasteiger partial charge < -0.3 is 5.73 Å². The van der Waals surface area contributed by atoms with Gasteiger partial charge in [0.2, 0.25) is 0 Å². The first-order valence-corrected chi connectivity index (χ1v) is 3.36. The fourth-order valence-corrected chi connectivity index (χ4v) is 0.932. The highest BCUT2D eigenvalue weighted by Gasteiger charge is 1.90. The highest BCUT2D eigenvalue weighted by Crippen LogP contribution is 2.01. The van der Waals surface area contributed by atoms with Crippen LogP contribution in [0.15, 0.2) is 29.2 Å². The zero-order valence-electron chi connectivity index (χ0n) is 5.39. The van der Waals surface area contributed by atoms with E-state index in [1.54, 1.807) is 0 Å². The monoisotopic (exact) mass is 150 g/mol. The summed E-state index contributed by atoms with van der Waals surface area (Å²) in [5.41, 5.74) is 5.96. The Balaban J connectivity index is 3.03. The van der Waals surface area contributed by atoms with E-state index in [1.165, 1.54) is 0 Å². The van der Waals surface area contributed by atoms with Gasteiger partial charge >= 0.3 is 0 Å². The van der Waals surface area contributed by atoms with Crippen LogP contribution in [0.2, 0.25) is 0 Å². The molecule has 0 bridgehead atoms. The van der Waals surface area contributed by atoms with Crippen LogP contribution in [0.4, 0.5) is 0 Å². The molecule has 2 N–H and O–H groups in total. The van der Waals surface area contributed by atoms with Crippen molar-refractivity contribution < 1.29 is 0 Å². The lowest BCUT2D eigenvalue weighted by Crippen LogP contribution is -1.80. The first-order valence-electron chi connectivity index (χ1n) is 2.86. The smallest absolute Gasteiger partial charge is 0.151 e. The second-order valence-corrected chi connectivity index (χ2v) is 2.43. The molecule has 1 rings (SSSR count). The Bertz CT molecular complexity index is 283. The lowest BCUT2D eigenvalue weighted by atomic mass is 10.2. The quantitative estimate of drug-likeness (QED) is 0.322. The molecule has 2 heteroatoms.